The van der Waals surface area contributed by atoms with Gasteiger partial charge in [0, 0.05) is 0 Å². The Morgan fingerprint density at radius 3 is 0.636 bits per heavy atom. The molecular weight excluding hydrogens is 900 g/mol. The smallest absolute Gasteiger partial charge is 0.152 e. The Hall–Kier alpha value is -1.47. The maximum Gasteiger partial charge on any atom is 0.152 e. The van der Waals surface area contributed by atoms with Crippen LogP contribution in [0.4, 0.5) is 0 Å². The van der Waals surface area contributed by atoms with Crippen molar-refractivity contribution >= 4 is 0 Å². The molecule has 3 saturated carbocycles. The maximum absolute atomic E-state index is 9.91. The van der Waals surface area contributed by atoms with Crippen LogP contribution in [-0.2, 0) is 0 Å². The molecule has 0 aliphatic heterocycles. The lowest BCUT2D eigenvalue weighted by molar-refractivity contribution is -0.140. The van der Waals surface area contributed by atoms with Gasteiger partial charge in [0.05, 0.1) is 39.6 Å². The Morgan fingerprint density at radius 2 is 0.470 bits per heavy atom. The highest BCUT2D eigenvalue weighted by molar-refractivity contribution is 5.13. The quantitative estimate of drug-likeness (QED) is 0.0399. The predicted octanol–water partition coefficient (Wildman–Crippen LogP) is -13.6. The number of hydrogen-bond acceptors (Lipinski definition) is 27. The number of aliphatic hydroxyl groups excluding tert-OH is 27. The molecule has 0 unspecified atom stereocenters. The Kier molecular flexibility index (Phi) is 28.1. The first-order valence-electron chi connectivity index (χ1n) is 21.2. The summed E-state index contributed by atoms with van der Waals surface area (Å²) in [4.78, 5) is 0. The van der Waals surface area contributed by atoms with Crippen molar-refractivity contribution in [2.24, 2.45) is 17.8 Å². The number of hydrogen-bond donors (Lipinski definition) is 27. The minimum Gasteiger partial charge on any atom is -0.394 e. The molecule has 3 rings (SSSR count). The molecule has 27 heteroatoms. The topological polar surface area (TPSA) is 546 Å². The molecule has 27 N–H and O–H groups in total. The van der Waals surface area contributed by atoms with Crippen LogP contribution in [0.15, 0.2) is 0 Å². The summed E-state index contributed by atoms with van der Waals surface area (Å²) in [5.41, 5.74) is 0. The van der Waals surface area contributed by atoms with Crippen LogP contribution >= 0.6 is 0 Å². The summed E-state index contributed by atoms with van der Waals surface area (Å²) >= 11 is 0. The van der Waals surface area contributed by atoms with E-state index in [-0.39, 0.29) is 38.5 Å². The van der Waals surface area contributed by atoms with Gasteiger partial charge in [0.15, 0.2) is 17.8 Å². The van der Waals surface area contributed by atoms with E-state index in [9.17, 15) is 123 Å². The molecule has 0 saturated heterocycles. The highest BCUT2D eigenvalue weighted by Crippen LogP contribution is 2.40. The highest BCUT2D eigenvalue weighted by Gasteiger charge is 2.54. The molecule has 0 aromatic heterocycles. The van der Waals surface area contributed by atoms with Crippen molar-refractivity contribution in [1.29, 1.82) is 0 Å². The lowest BCUT2D eigenvalue weighted by atomic mass is 9.87. The van der Waals surface area contributed by atoms with Gasteiger partial charge in [0.2, 0.25) is 0 Å². The summed E-state index contributed by atoms with van der Waals surface area (Å²) < 4.78 is 0. The molecular formula is C39H75O27+3. The monoisotopic (exact) mass is 975 g/mol. The molecule has 390 valence electrons. The van der Waals surface area contributed by atoms with Crippen molar-refractivity contribution in [1.82, 2.24) is 0 Å². The molecule has 0 bridgehead atoms. The van der Waals surface area contributed by atoms with Gasteiger partial charge in [-0.25, -0.2) is 0 Å². The van der Waals surface area contributed by atoms with Crippen molar-refractivity contribution in [3.05, 3.63) is 17.8 Å². The largest absolute Gasteiger partial charge is 0.394 e. The Morgan fingerprint density at radius 1 is 0.288 bits per heavy atom. The first-order chi connectivity index (χ1) is 30.7. The Balaban J connectivity index is 0.000000495. The molecule has 0 heterocycles. The third-order valence-corrected chi connectivity index (χ3v) is 12.4. The lowest BCUT2D eigenvalue weighted by Crippen LogP contribution is -2.50. The maximum atomic E-state index is 9.91. The normalized spacial score (nSPS) is 32.6. The van der Waals surface area contributed by atoms with Crippen LogP contribution in [-0.4, -0.2) is 306 Å². The molecule has 0 spiro atoms. The minimum atomic E-state index is -1.90. The van der Waals surface area contributed by atoms with Crippen molar-refractivity contribution in [3.63, 3.8) is 0 Å². The van der Waals surface area contributed by atoms with Crippen molar-refractivity contribution in [2.45, 2.75) is 167 Å². The Bertz CT molecular complexity index is 1130. The molecule has 0 amide bonds. The van der Waals surface area contributed by atoms with Gasteiger partial charge in [-0.2, -0.15) is 0 Å². The molecule has 0 aromatic carbocycles. The van der Waals surface area contributed by atoms with Gasteiger partial charge >= 0.3 is 0 Å². The SMILES string of the molecule is OC[C@@H](O)[C@H](O)[C@@H](O)[C@H](O)[C@H](O)C[C+]1C[C@@H](O)[C@H](O)[C@H]1CO.OC[C@H](O)[C@H](O)[C@@H](O)[C@H](O)[C@H](O)C[C+]1C[C@@H](O)[C@H](O)[C@H]1CO.OC[C@H](O)[C@H](O)[C@@H](O)[C@H](O)[C@H](O)C[C+]1C[C@@H](O)[C@H](O)[C@H]1CO. The van der Waals surface area contributed by atoms with E-state index in [1.807, 2.05) is 0 Å². The molecule has 0 radical (unpaired) electrons. The average Bonchev–Trinajstić information content (AvgIpc) is 3.85. The molecule has 3 aliphatic carbocycles. The van der Waals surface area contributed by atoms with Gasteiger partial charge in [0.1, 0.15) is 184 Å². The van der Waals surface area contributed by atoms with Crippen LogP contribution in [0.25, 0.3) is 0 Å². The Labute approximate surface area is 379 Å². The number of rotatable bonds is 24. The first kappa shape index (κ1) is 62.5. The average molecular weight is 976 g/mol. The van der Waals surface area contributed by atoms with E-state index in [4.69, 9.17) is 15.3 Å². The summed E-state index contributed by atoms with van der Waals surface area (Å²) in [5, 5.41) is 255. The summed E-state index contributed by atoms with van der Waals surface area (Å²) in [7, 11) is 0. The first-order valence-corrected chi connectivity index (χ1v) is 21.2. The van der Waals surface area contributed by atoms with E-state index in [2.05, 4.69) is 0 Å². The zero-order chi connectivity index (χ0) is 51.1. The van der Waals surface area contributed by atoms with E-state index in [0.29, 0.717) is 17.8 Å². The summed E-state index contributed by atoms with van der Waals surface area (Å²) in [6.07, 6.45) is -33.7. The van der Waals surface area contributed by atoms with Gasteiger partial charge in [0.25, 0.3) is 0 Å². The second-order valence-corrected chi connectivity index (χ2v) is 17.1. The zero-order valence-corrected chi connectivity index (χ0v) is 35.9. The molecule has 0 aromatic rings. The second kappa shape index (κ2) is 29.7. The fourth-order valence-electron chi connectivity index (χ4n) is 8.03. The molecule has 66 heavy (non-hydrogen) atoms. The van der Waals surface area contributed by atoms with Crippen LogP contribution in [0.1, 0.15) is 38.5 Å². The minimum absolute atomic E-state index is 0.0358. The van der Waals surface area contributed by atoms with Crippen LogP contribution in [0, 0.1) is 35.5 Å². The summed E-state index contributed by atoms with van der Waals surface area (Å²) in [6.45, 7) is -3.81. The van der Waals surface area contributed by atoms with Gasteiger partial charge in [-0.1, -0.05) is 0 Å². The molecule has 3 fully saturated rings. The van der Waals surface area contributed by atoms with Gasteiger partial charge in [-0.15, -0.1) is 0 Å². The highest BCUT2D eigenvalue weighted by atomic mass is 16.4. The second-order valence-electron chi connectivity index (χ2n) is 17.1. The van der Waals surface area contributed by atoms with E-state index in [0.717, 1.165) is 0 Å². The fourth-order valence-corrected chi connectivity index (χ4v) is 8.03. The van der Waals surface area contributed by atoms with Crippen LogP contribution < -0.4 is 0 Å². The molecule has 24 atom stereocenters. The van der Waals surface area contributed by atoms with Gasteiger partial charge < -0.3 is 138 Å². The van der Waals surface area contributed by atoms with E-state index < -0.39 is 186 Å². The van der Waals surface area contributed by atoms with E-state index in [1.165, 1.54) is 0 Å². The van der Waals surface area contributed by atoms with Crippen molar-refractivity contribution < 1.29 is 138 Å². The van der Waals surface area contributed by atoms with Crippen molar-refractivity contribution in [2.75, 3.05) is 39.6 Å². The van der Waals surface area contributed by atoms with Crippen LogP contribution in [0.2, 0.25) is 0 Å². The summed E-state index contributed by atoms with van der Waals surface area (Å²) in [5.74, 6) is -0.957. The fraction of sp³-hybridized carbons (Fsp3) is 0.923. The van der Waals surface area contributed by atoms with E-state index >= 15 is 0 Å². The van der Waals surface area contributed by atoms with Crippen LogP contribution in [0.3, 0.4) is 0 Å². The van der Waals surface area contributed by atoms with Crippen molar-refractivity contribution in [3.8, 4) is 0 Å². The molecule has 27 nitrogen and oxygen atoms in total. The third-order valence-electron chi connectivity index (χ3n) is 12.4. The van der Waals surface area contributed by atoms with Gasteiger partial charge in [-0.05, 0) is 0 Å². The molecule has 3 aliphatic rings. The van der Waals surface area contributed by atoms with E-state index in [1.54, 1.807) is 0 Å². The number of aliphatic hydroxyl groups is 27. The zero-order valence-electron chi connectivity index (χ0n) is 35.9. The standard InChI is InChI=1S/3C13H25O9/c3*14-3-6-5(1-7(16)10(6)19)2-8(17)11(20)13(22)12(21)9(18)4-15/h3*6-22H,1-4H2/q3*+1/t6-,7+,8+,9+,10+,11+,12-,13-;2*6-,7+,8+,9-,10+,11+,12-,13-/m000/s1. The lowest BCUT2D eigenvalue weighted by Gasteiger charge is -2.28. The van der Waals surface area contributed by atoms with Crippen LogP contribution in [0.5, 0.6) is 0 Å². The third kappa shape index (κ3) is 16.9. The summed E-state index contributed by atoms with van der Waals surface area (Å²) in [6, 6.07) is 0. The predicted molar refractivity (Wildman–Crippen MR) is 217 cm³/mol. The van der Waals surface area contributed by atoms with Gasteiger partial charge in [-0.3, -0.25) is 0 Å².